The first kappa shape index (κ1) is 13.4. The van der Waals surface area contributed by atoms with Crippen molar-refractivity contribution in [3.63, 3.8) is 0 Å². The van der Waals surface area contributed by atoms with E-state index in [0.29, 0.717) is 22.0 Å². The van der Waals surface area contributed by atoms with Crippen molar-refractivity contribution in [2.75, 3.05) is 0 Å². The number of rotatable bonds is 3. The number of benzene rings is 2. The van der Waals surface area contributed by atoms with Crippen LogP contribution < -0.4 is 10.3 Å². The molecule has 1 atom stereocenters. The highest BCUT2D eigenvalue weighted by atomic mass is 35.5. The molecule has 6 nitrogen and oxygen atoms in total. The van der Waals surface area contributed by atoms with Gasteiger partial charge in [0.05, 0.1) is 16.3 Å². The highest BCUT2D eigenvalue weighted by Crippen LogP contribution is 2.34. The summed E-state index contributed by atoms with van der Waals surface area (Å²) >= 11 is 5.96. The van der Waals surface area contributed by atoms with Gasteiger partial charge in [0.2, 0.25) is 5.84 Å². The van der Waals surface area contributed by atoms with E-state index in [1.807, 2.05) is 0 Å². The van der Waals surface area contributed by atoms with Crippen molar-refractivity contribution in [3.05, 3.63) is 69.2 Å². The van der Waals surface area contributed by atoms with Gasteiger partial charge in [-0.15, -0.1) is 0 Å². The second kappa shape index (κ2) is 5.41. The molecule has 1 N–H and O–H groups in total. The maximum atomic E-state index is 11.3. The Labute approximate surface area is 125 Å². The molecule has 1 aliphatic rings. The Morgan fingerprint density at radius 1 is 1.19 bits per heavy atom. The summed E-state index contributed by atoms with van der Waals surface area (Å²) in [7, 11) is 0. The van der Waals surface area contributed by atoms with Gasteiger partial charge in [-0.3, -0.25) is 10.1 Å². The van der Waals surface area contributed by atoms with Crippen molar-refractivity contribution >= 4 is 23.1 Å². The third-order valence-electron chi connectivity index (χ3n) is 3.04. The maximum absolute atomic E-state index is 11.3. The van der Waals surface area contributed by atoms with E-state index in [4.69, 9.17) is 16.4 Å². The van der Waals surface area contributed by atoms with Gasteiger partial charge in [0.1, 0.15) is 0 Å². The molecule has 106 valence electrons. The van der Waals surface area contributed by atoms with E-state index in [9.17, 15) is 10.1 Å². The molecular formula is C14H10ClN3O3. The van der Waals surface area contributed by atoms with E-state index in [1.54, 1.807) is 48.5 Å². The van der Waals surface area contributed by atoms with Gasteiger partial charge in [-0.25, -0.2) is 10.5 Å². The van der Waals surface area contributed by atoms with Gasteiger partial charge in [-0.1, -0.05) is 35.9 Å². The quantitative estimate of drug-likeness (QED) is 0.697. The second-order valence-corrected chi connectivity index (χ2v) is 4.79. The van der Waals surface area contributed by atoms with Crippen LogP contribution in [0.2, 0.25) is 5.02 Å². The van der Waals surface area contributed by atoms with Crippen molar-refractivity contribution in [1.82, 2.24) is 5.48 Å². The lowest BCUT2D eigenvalue weighted by Crippen LogP contribution is -2.33. The summed E-state index contributed by atoms with van der Waals surface area (Å²) in [6.07, 6.45) is 0. The molecule has 0 unspecified atom stereocenters. The number of nitrogens with one attached hydrogen (secondary N) is 1. The van der Waals surface area contributed by atoms with Crippen LogP contribution in [-0.2, 0) is 0 Å². The Morgan fingerprint density at radius 2 is 1.90 bits per heavy atom. The zero-order chi connectivity index (χ0) is 14.8. The van der Waals surface area contributed by atoms with Crippen LogP contribution in [0.5, 0.6) is 5.75 Å². The number of nitro groups is 1. The predicted octanol–water partition coefficient (Wildman–Crippen LogP) is 3.29. The Hall–Kier alpha value is -2.60. The number of fused-ring (bicyclic) bond motifs is 1. The van der Waals surface area contributed by atoms with Crippen LogP contribution in [0, 0.1) is 10.1 Å². The number of nitrogens with zero attached hydrogens (tertiary/aromatic N) is 2. The van der Waals surface area contributed by atoms with Gasteiger partial charge >= 0.3 is 0 Å². The summed E-state index contributed by atoms with van der Waals surface area (Å²) in [5.41, 5.74) is 3.64. The summed E-state index contributed by atoms with van der Waals surface area (Å²) < 4.78 is 0. The molecule has 0 aliphatic carbocycles. The van der Waals surface area contributed by atoms with Crippen molar-refractivity contribution < 1.29 is 9.76 Å². The van der Waals surface area contributed by atoms with E-state index < -0.39 is 11.0 Å². The lowest BCUT2D eigenvalue weighted by atomic mass is 10.1. The molecule has 1 heterocycles. The highest BCUT2D eigenvalue weighted by molar-refractivity contribution is 6.32. The van der Waals surface area contributed by atoms with Gasteiger partial charge in [0.15, 0.2) is 5.75 Å². The van der Waals surface area contributed by atoms with Crippen LogP contribution in [0.3, 0.4) is 0 Å². The zero-order valence-electron chi connectivity index (χ0n) is 10.7. The number of para-hydroxylation sites is 2. The lowest BCUT2D eigenvalue weighted by molar-refractivity contribution is -0.508. The van der Waals surface area contributed by atoms with E-state index in [2.05, 4.69) is 10.5 Å². The Kier molecular flexibility index (Phi) is 3.45. The Balaban J connectivity index is 1.83. The van der Waals surface area contributed by atoms with Crippen molar-refractivity contribution in [3.8, 4) is 5.75 Å². The molecule has 2 aromatic rings. The van der Waals surface area contributed by atoms with Crippen molar-refractivity contribution in [2.24, 2.45) is 4.99 Å². The van der Waals surface area contributed by atoms with Gasteiger partial charge in [0.25, 0.3) is 6.04 Å². The minimum atomic E-state index is -1.07. The van der Waals surface area contributed by atoms with Crippen LogP contribution >= 0.6 is 11.6 Å². The molecule has 0 amide bonds. The van der Waals surface area contributed by atoms with Crippen molar-refractivity contribution in [1.29, 1.82) is 0 Å². The minimum absolute atomic E-state index is 0.126. The molecule has 0 fully saturated rings. The normalized spacial score (nSPS) is 16.0. The second-order valence-electron chi connectivity index (χ2n) is 4.38. The number of hydroxylamine groups is 1. The Morgan fingerprint density at radius 3 is 2.67 bits per heavy atom. The fourth-order valence-corrected chi connectivity index (χ4v) is 2.26. The van der Waals surface area contributed by atoms with Crippen LogP contribution in [-0.4, -0.2) is 10.8 Å². The topological polar surface area (TPSA) is 76.8 Å². The molecule has 0 spiro atoms. The van der Waals surface area contributed by atoms with Crippen LogP contribution in [0.4, 0.5) is 5.69 Å². The van der Waals surface area contributed by atoms with E-state index >= 15 is 0 Å². The summed E-state index contributed by atoms with van der Waals surface area (Å²) in [6, 6.07) is 12.7. The number of hydrogen-bond donors (Lipinski definition) is 1. The molecule has 1 aliphatic heterocycles. The van der Waals surface area contributed by atoms with Crippen LogP contribution in [0.15, 0.2) is 53.5 Å². The lowest BCUT2D eigenvalue weighted by Gasteiger charge is -2.11. The maximum Gasteiger partial charge on any atom is 0.299 e. The highest BCUT2D eigenvalue weighted by Gasteiger charge is 2.37. The Bertz CT molecular complexity index is 733. The first-order chi connectivity index (χ1) is 10.2. The molecule has 0 aromatic heterocycles. The van der Waals surface area contributed by atoms with Gasteiger partial charge in [-0.2, -0.15) is 0 Å². The van der Waals surface area contributed by atoms with Gasteiger partial charge in [0, 0.05) is 4.92 Å². The number of amidine groups is 1. The average Bonchev–Trinajstić information content (AvgIpc) is 2.85. The molecular weight excluding hydrogens is 294 g/mol. The standard InChI is InChI=1S/C14H10ClN3O3/c15-10-6-2-4-8-12(10)21-17-14-13(18(19)20)9-5-1-3-7-11(9)16-14/h1-8,13H,(H,16,17)/t13-/m1/s1. The third-order valence-corrected chi connectivity index (χ3v) is 3.36. The first-order valence-corrected chi connectivity index (χ1v) is 6.53. The van der Waals surface area contributed by atoms with Crippen LogP contribution in [0.25, 0.3) is 0 Å². The number of aliphatic imine (C=N–C) groups is 1. The largest absolute Gasteiger partial charge is 0.379 e. The molecule has 0 bridgehead atoms. The third kappa shape index (κ3) is 2.53. The van der Waals surface area contributed by atoms with Crippen LogP contribution in [0.1, 0.15) is 11.6 Å². The molecule has 0 saturated carbocycles. The van der Waals surface area contributed by atoms with Gasteiger partial charge < -0.3 is 4.84 Å². The fourth-order valence-electron chi connectivity index (χ4n) is 2.09. The molecule has 0 saturated heterocycles. The molecule has 3 rings (SSSR count). The summed E-state index contributed by atoms with van der Waals surface area (Å²) in [4.78, 5) is 20.4. The minimum Gasteiger partial charge on any atom is -0.379 e. The summed E-state index contributed by atoms with van der Waals surface area (Å²) in [6.45, 7) is 0. The number of halogens is 1. The molecule has 0 radical (unpaired) electrons. The monoisotopic (exact) mass is 303 g/mol. The summed E-state index contributed by atoms with van der Waals surface area (Å²) in [5.74, 6) is 0.501. The number of hydrogen-bond acceptors (Lipinski definition) is 5. The SMILES string of the molecule is O=[N+]([O-])[C@H]1C(NOc2ccccc2Cl)=Nc2ccccc21. The summed E-state index contributed by atoms with van der Waals surface area (Å²) in [5, 5.41) is 11.7. The van der Waals surface area contributed by atoms with E-state index in [0.717, 1.165) is 0 Å². The van der Waals surface area contributed by atoms with Crippen molar-refractivity contribution in [2.45, 2.75) is 6.04 Å². The average molecular weight is 304 g/mol. The molecule has 21 heavy (non-hydrogen) atoms. The molecule has 2 aromatic carbocycles. The zero-order valence-corrected chi connectivity index (χ0v) is 11.4. The smallest absolute Gasteiger partial charge is 0.299 e. The predicted molar refractivity (Wildman–Crippen MR) is 78.5 cm³/mol. The molecule has 7 heteroatoms. The van der Waals surface area contributed by atoms with E-state index in [1.165, 1.54) is 0 Å². The van der Waals surface area contributed by atoms with E-state index in [-0.39, 0.29) is 5.84 Å². The van der Waals surface area contributed by atoms with Gasteiger partial charge in [-0.05, 0) is 24.3 Å². The first-order valence-electron chi connectivity index (χ1n) is 6.15. The fraction of sp³-hybridized carbons (Fsp3) is 0.0714.